The van der Waals surface area contributed by atoms with E-state index in [9.17, 15) is 13.2 Å². The van der Waals surface area contributed by atoms with Gasteiger partial charge in [-0.25, -0.2) is 18.4 Å². The molecule has 1 amide bonds. The van der Waals surface area contributed by atoms with E-state index in [1.54, 1.807) is 44.7 Å². The summed E-state index contributed by atoms with van der Waals surface area (Å²) in [5.74, 6) is 1.38. The first-order chi connectivity index (χ1) is 16.6. The molecule has 2 aliphatic heterocycles. The number of ether oxygens (including phenoxy) is 2. The van der Waals surface area contributed by atoms with Crippen LogP contribution in [0.3, 0.4) is 0 Å². The van der Waals surface area contributed by atoms with Gasteiger partial charge in [0, 0.05) is 42.5 Å². The third-order valence-corrected chi connectivity index (χ3v) is 7.09. The van der Waals surface area contributed by atoms with Crippen molar-refractivity contribution in [1.82, 2.24) is 14.9 Å². The van der Waals surface area contributed by atoms with Gasteiger partial charge in [0.05, 0.1) is 24.7 Å². The van der Waals surface area contributed by atoms with Gasteiger partial charge in [0.15, 0.2) is 0 Å². The van der Waals surface area contributed by atoms with E-state index < -0.39 is 10.0 Å². The SMILES string of the molecule is CC1Oc2cc(C(=O)N(C)C)ccc2-c2cnc(Nc3cnc4c(c3)N(S(C)(=O)=O)CCO4)cc21. The molecule has 4 heterocycles. The number of carbonyl (C=O) groups excluding carboxylic acids is 1. The molecule has 0 radical (unpaired) electrons. The van der Waals surface area contributed by atoms with Crippen molar-refractivity contribution < 1.29 is 22.7 Å². The van der Waals surface area contributed by atoms with Crippen LogP contribution in [0.5, 0.6) is 11.6 Å². The van der Waals surface area contributed by atoms with Crippen molar-refractivity contribution in [3.63, 3.8) is 0 Å². The predicted molar refractivity (Wildman–Crippen MR) is 132 cm³/mol. The molecule has 3 aromatic rings. The zero-order valence-electron chi connectivity index (χ0n) is 19.8. The van der Waals surface area contributed by atoms with Gasteiger partial charge in [-0.15, -0.1) is 0 Å². The minimum atomic E-state index is -3.46. The Balaban J connectivity index is 1.46. The minimum Gasteiger partial charge on any atom is -0.485 e. The predicted octanol–water partition coefficient (Wildman–Crippen LogP) is 3.20. The van der Waals surface area contributed by atoms with Crippen LogP contribution in [0.2, 0.25) is 0 Å². The Bertz CT molecular complexity index is 1440. The lowest BCUT2D eigenvalue weighted by Crippen LogP contribution is -2.37. The molecule has 35 heavy (non-hydrogen) atoms. The lowest BCUT2D eigenvalue weighted by Gasteiger charge is -2.29. The molecule has 2 aliphatic rings. The first kappa shape index (κ1) is 22.9. The van der Waals surface area contributed by atoms with Crippen molar-refractivity contribution in [2.45, 2.75) is 13.0 Å². The van der Waals surface area contributed by atoms with Crippen LogP contribution in [-0.4, -0.2) is 62.7 Å². The number of pyridine rings is 2. The maximum atomic E-state index is 12.3. The Hall–Kier alpha value is -3.86. The second-order valence-electron chi connectivity index (χ2n) is 8.68. The molecule has 2 aromatic heterocycles. The van der Waals surface area contributed by atoms with Crippen molar-refractivity contribution in [3.05, 3.63) is 53.9 Å². The van der Waals surface area contributed by atoms with E-state index in [-0.39, 0.29) is 31.0 Å². The molecule has 1 atom stereocenters. The van der Waals surface area contributed by atoms with Gasteiger partial charge in [0.2, 0.25) is 15.9 Å². The molecule has 182 valence electrons. The molecule has 0 bridgehead atoms. The summed E-state index contributed by atoms with van der Waals surface area (Å²) in [6.45, 7) is 2.41. The monoisotopic (exact) mass is 495 g/mol. The molecule has 0 spiro atoms. The van der Waals surface area contributed by atoms with Crippen LogP contribution in [0.1, 0.15) is 28.9 Å². The third kappa shape index (κ3) is 4.23. The summed E-state index contributed by atoms with van der Waals surface area (Å²) in [5, 5.41) is 3.20. The summed E-state index contributed by atoms with van der Waals surface area (Å²) in [7, 11) is -0.0381. The molecule has 1 unspecified atom stereocenters. The number of aromatic nitrogens is 2. The highest BCUT2D eigenvalue weighted by Gasteiger charge is 2.28. The number of fused-ring (bicyclic) bond motifs is 4. The molecule has 0 saturated carbocycles. The van der Waals surface area contributed by atoms with Crippen LogP contribution < -0.4 is 19.1 Å². The standard InChI is InChI=1S/C24H25N5O5S/c1-14-18-11-22(27-16-10-20-23(26-12-16)33-8-7-29(20)35(4,31)32)25-13-19(18)17-6-5-15(9-21(17)34-14)24(30)28(2)3/h5-6,9-14H,7-8H2,1-4H3,(H,25,27). The highest BCUT2D eigenvalue weighted by atomic mass is 32.2. The van der Waals surface area contributed by atoms with Crippen LogP contribution >= 0.6 is 0 Å². The van der Waals surface area contributed by atoms with Crippen LogP contribution in [0, 0.1) is 0 Å². The largest absolute Gasteiger partial charge is 0.485 e. The van der Waals surface area contributed by atoms with Crippen molar-refractivity contribution in [1.29, 1.82) is 0 Å². The number of sulfonamides is 1. The van der Waals surface area contributed by atoms with Gasteiger partial charge in [-0.05, 0) is 37.3 Å². The quantitative estimate of drug-likeness (QED) is 0.587. The average molecular weight is 496 g/mol. The molecular weight excluding hydrogens is 470 g/mol. The Labute approximate surface area is 203 Å². The zero-order valence-corrected chi connectivity index (χ0v) is 20.6. The summed E-state index contributed by atoms with van der Waals surface area (Å²) in [6.07, 6.45) is 4.23. The minimum absolute atomic E-state index is 0.0916. The zero-order chi connectivity index (χ0) is 24.9. The van der Waals surface area contributed by atoms with E-state index in [1.807, 2.05) is 19.1 Å². The van der Waals surface area contributed by atoms with Gasteiger partial charge in [0.1, 0.15) is 30.0 Å². The normalized spacial score (nSPS) is 16.2. The molecular formula is C24H25N5O5S. The summed E-state index contributed by atoms with van der Waals surface area (Å²) in [5.41, 5.74) is 4.25. The first-order valence-corrected chi connectivity index (χ1v) is 12.9. The summed E-state index contributed by atoms with van der Waals surface area (Å²) in [4.78, 5) is 22.7. The fourth-order valence-corrected chi connectivity index (χ4v) is 5.12. The maximum absolute atomic E-state index is 12.3. The first-order valence-electron chi connectivity index (χ1n) is 11.0. The number of hydrogen-bond donors (Lipinski definition) is 1. The Morgan fingerprint density at radius 2 is 1.94 bits per heavy atom. The van der Waals surface area contributed by atoms with Crippen molar-refractivity contribution in [3.8, 4) is 22.8 Å². The molecule has 10 nitrogen and oxygen atoms in total. The van der Waals surface area contributed by atoms with E-state index in [2.05, 4.69) is 15.3 Å². The maximum Gasteiger partial charge on any atom is 0.253 e. The van der Waals surface area contributed by atoms with Crippen molar-refractivity contribution in [2.24, 2.45) is 0 Å². The van der Waals surface area contributed by atoms with E-state index in [0.29, 0.717) is 28.5 Å². The van der Waals surface area contributed by atoms with E-state index >= 15 is 0 Å². The third-order valence-electron chi connectivity index (χ3n) is 5.91. The lowest BCUT2D eigenvalue weighted by atomic mass is 9.94. The van der Waals surface area contributed by atoms with Crippen LogP contribution in [0.4, 0.5) is 17.2 Å². The highest BCUT2D eigenvalue weighted by Crippen LogP contribution is 2.43. The van der Waals surface area contributed by atoms with Crippen molar-refractivity contribution >= 4 is 33.1 Å². The molecule has 1 N–H and O–H groups in total. The topological polar surface area (TPSA) is 114 Å². The number of amides is 1. The number of nitrogens with one attached hydrogen (secondary N) is 1. The second kappa shape index (κ2) is 8.42. The second-order valence-corrected chi connectivity index (χ2v) is 10.6. The van der Waals surface area contributed by atoms with Gasteiger partial charge >= 0.3 is 0 Å². The van der Waals surface area contributed by atoms with E-state index in [4.69, 9.17) is 9.47 Å². The number of hydrogen-bond acceptors (Lipinski definition) is 8. The average Bonchev–Trinajstić information content (AvgIpc) is 2.82. The number of anilines is 3. The summed E-state index contributed by atoms with van der Waals surface area (Å²) < 4.78 is 37.3. The molecule has 1 aromatic carbocycles. The van der Waals surface area contributed by atoms with Gasteiger partial charge in [-0.2, -0.15) is 0 Å². The van der Waals surface area contributed by atoms with Crippen LogP contribution in [0.15, 0.2) is 42.7 Å². The summed E-state index contributed by atoms with van der Waals surface area (Å²) >= 11 is 0. The Morgan fingerprint density at radius 1 is 1.14 bits per heavy atom. The lowest BCUT2D eigenvalue weighted by molar-refractivity contribution is 0.0826. The molecule has 0 aliphatic carbocycles. The van der Waals surface area contributed by atoms with Crippen LogP contribution in [0.25, 0.3) is 11.1 Å². The number of rotatable bonds is 4. The Kier molecular flexibility index (Phi) is 5.51. The highest BCUT2D eigenvalue weighted by molar-refractivity contribution is 7.92. The number of nitrogens with zero attached hydrogens (tertiary/aromatic N) is 4. The van der Waals surface area contributed by atoms with Gasteiger partial charge in [0.25, 0.3) is 5.91 Å². The summed E-state index contributed by atoms with van der Waals surface area (Å²) in [6, 6.07) is 9.00. The van der Waals surface area contributed by atoms with E-state index in [1.165, 1.54) is 9.21 Å². The molecule has 0 saturated heterocycles. The van der Waals surface area contributed by atoms with Gasteiger partial charge in [-0.3, -0.25) is 9.10 Å². The fraction of sp³-hybridized carbons (Fsp3) is 0.292. The van der Waals surface area contributed by atoms with E-state index in [0.717, 1.165) is 22.9 Å². The van der Waals surface area contributed by atoms with Crippen LogP contribution in [-0.2, 0) is 10.0 Å². The van der Waals surface area contributed by atoms with Gasteiger partial charge in [-0.1, -0.05) is 0 Å². The molecule has 0 fully saturated rings. The van der Waals surface area contributed by atoms with Gasteiger partial charge < -0.3 is 19.7 Å². The fourth-order valence-electron chi connectivity index (χ4n) is 4.23. The Morgan fingerprint density at radius 3 is 2.69 bits per heavy atom. The number of carbonyl (C=O) groups is 1. The number of benzene rings is 1. The molecule has 11 heteroatoms. The molecule has 5 rings (SSSR count). The van der Waals surface area contributed by atoms with Crippen molar-refractivity contribution in [2.75, 3.05) is 43.1 Å². The smallest absolute Gasteiger partial charge is 0.253 e.